The van der Waals surface area contributed by atoms with Crippen molar-refractivity contribution < 1.29 is 4.79 Å². The van der Waals surface area contributed by atoms with E-state index in [2.05, 4.69) is 42.9 Å². The Bertz CT molecular complexity index is 537. The van der Waals surface area contributed by atoms with E-state index in [9.17, 15) is 4.79 Å². The van der Waals surface area contributed by atoms with Crippen molar-refractivity contribution in [1.82, 2.24) is 4.57 Å². The van der Waals surface area contributed by atoms with Gasteiger partial charge in [-0.1, -0.05) is 19.9 Å². The van der Waals surface area contributed by atoms with Gasteiger partial charge in [0.25, 0.3) is 0 Å². The van der Waals surface area contributed by atoms with Gasteiger partial charge < -0.3 is 4.57 Å². The first-order valence-corrected chi connectivity index (χ1v) is 7.11. The van der Waals surface area contributed by atoms with Gasteiger partial charge in [-0.15, -0.1) is 11.3 Å². The number of thiophene rings is 1. The molecule has 0 aromatic carbocycles. The molecule has 0 saturated carbocycles. The van der Waals surface area contributed by atoms with Crippen molar-refractivity contribution in [3.8, 4) is 0 Å². The average Bonchev–Trinajstić information content (AvgIpc) is 2.92. The van der Waals surface area contributed by atoms with E-state index in [4.69, 9.17) is 0 Å². The molecular formula is C15H19NOS. The van der Waals surface area contributed by atoms with Gasteiger partial charge in [0.2, 0.25) is 0 Å². The molecule has 0 spiro atoms. The maximum atomic E-state index is 11.1. The molecule has 0 aliphatic rings. The molecule has 96 valence electrons. The summed E-state index contributed by atoms with van der Waals surface area (Å²) >= 11 is 1.78. The molecule has 3 heteroatoms. The van der Waals surface area contributed by atoms with Crippen molar-refractivity contribution >= 4 is 17.6 Å². The predicted molar refractivity (Wildman–Crippen MR) is 76.6 cm³/mol. The third-order valence-electron chi connectivity index (χ3n) is 3.39. The van der Waals surface area contributed by atoms with Gasteiger partial charge in [-0.05, 0) is 37.3 Å². The molecule has 2 aromatic heterocycles. The lowest BCUT2D eigenvalue weighted by atomic mass is 10.0. The van der Waals surface area contributed by atoms with Crippen LogP contribution in [0.2, 0.25) is 0 Å². The van der Waals surface area contributed by atoms with Gasteiger partial charge in [-0.3, -0.25) is 4.79 Å². The zero-order valence-electron chi connectivity index (χ0n) is 11.3. The molecule has 0 aliphatic carbocycles. The zero-order valence-corrected chi connectivity index (χ0v) is 12.1. The highest BCUT2D eigenvalue weighted by molar-refractivity contribution is 7.10. The highest BCUT2D eigenvalue weighted by atomic mass is 32.1. The monoisotopic (exact) mass is 261 g/mol. The molecule has 0 N–H and O–H groups in total. The first-order valence-electron chi connectivity index (χ1n) is 6.23. The number of aromatic nitrogens is 1. The molecular weight excluding hydrogens is 242 g/mol. The summed E-state index contributed by atoms with van der Waals surface area (Å²) in [6.07, 6.45) is 0.949. The Balaban J connectivity index is 2.57. The summed E-state index contributed by atoms with van der Waals surface area (Å²) in [5, 5.41) is 2.11. The van der Waals surface area contributed by atoms with Crippen LogP contribution in [-0.2, 0) is 0 Å². The second-order valence-electron chi connectivity index (χ2n) is 5.02. The fourth-order valence-electron chi connectivity index (χ4n) is 2.56. The molecule has 1 atom stereocenters. The van der Waals surface area contributed by atoms with Gasteiger partial charge in [-0.25, -0.2) is 0 Å². The van der Waals surface area contributed by atoms with E-state index in [0.717, 1.165) is 23.2 Å². The first-order chi connectivity index (χ1) is 8.56. The summed E-state index contributed by atoms with van der Waals surface area (Å²) < 4.78 is 2.29. The molecule has 2 heterocycles. The second kappa shape index (κ2) is 5.11. The molecule has 0 amide bonds. The lowest BCUT2D eigenvalue weighted by Crippen LogP contribution is -2.18. The lowest BCUT2D eigenvalue weighted by Gasteiger charge is -2.25. The van der Waals surface area contributed by atoms with Crippen LogP contribution in [0.25, 0.3) is 0 Å². The summed E-state index contributed by atoms with van der Waals surface area (Å²) in [6, 6.07) is 6.56. The number of hydrogen-bond donors (Lipinski definition) is 0. The minimum absolute atomic E-state index is 0.318. The van der Waals surface area contributed by atoms with Gasteiger partial charge in [0.15, 0.2) is 6.29 Å². The number of aryl methyl sites for hydroxylation is 1. The normalized spacial score (nSPS) is 12.9. The van der Waals surface area contributed by atoms with Gasteiger partial charge in [-0.2, -0.15) is 0 Å². The Hall–Kier alpha value is -1.35. The Morgan fingerprint density at radius 3 is 2.50 bits per heavy atom. The van der Waals surface area contributed by atoms with E-state index in [-0.39, 0.29) is 0 Å². The molecule has 0 saturated heterocycles. The summed E-state index contributed by atoms with van der Waals surface area (Å²) in [7, 11) is 0. The SMILES string of the molecule is Cc1cc(C=O)c(C)n1C(c1cccs1)C(C)C. The Labute approximate surface area is 112 Å². The van der Waals surface area contributed by atoms with E-state index in [1.54, 1.807) is 11.3 Å². The van der Waals surface area contributed by atoms with E-state index >= 15 is 0 Å². The van der Waals surface area contributed by atoms with Crippen molar-refractivity contribution in [2.75, 3.05) is 0 Å². The number of nitrogens with zero attached hydrogens (tertiary/aromatic N) is 1. The Kier molecular flexibility index (Phi) is 3.71. The maximum absolute atomic E-state index is 11.1. The number of carbonyl (C=O) groups excluding carboxylic acids is 1. The molecule has 2 rings (SSSR count). The fourth-order valence-corrected chi connectivity index (χ4v) is 3.55. The van der Waals surface area contributed by atoms with Crippen LogP contribution in [-0.4, -0.2) is 10.9 Å². The quantitative estimate of drug-likeness (QED) is 0.755. The molecule has 0 bridgehead atoms. The largest absolute Gasteiger partial charge is 0.340 e. The van der Waals surface area contributed by atoms with Gasteiger partial charge in [0, 0.05) is 21.8 Å². The van der Waals surface area contributed by atoms with Crippen LogP contribution in [0.15, 0.2) is 23.6 Å². The smallest absolute Gasteiger partial charge is 0.151 e. The average molecular weight is 261 g/mol. The van der Waals surface area contributed by atoms with E-state index in [1.807, 2.05) is 13.0 Å². The molecule has 0 aliphatic heterocycles. The lowest BCUT2D eigenvalue weighted by molar-refractivity contribution is 0.112. The van der Waals surface area contributed by atoms with Crippen LogP contribution >= 0.6 is 11.3 Å². The third kappa shape index (κ3) is 2.15. The molecule has 2 nitrogen and oxygen atoms in total. The number of aldehydes is 1. The Morgan fingerprint density at radius 1 is 1.33 bits per heavy atom. The second-order valence-corrected chi connectivity index (χ2v) is 6.00. The molecule has 2 aromatic rings. The number of carbonyl (C=O) groups is 1. The summed E-state index contributed by atoms with van der Waals surface area (Å²) in [5.41, 5.74) is 3.02. The van der Waals surface area contributed by atoms with Crippen LogP contribution in [0.5, 0.6) is 0 Å². The van der Waals surface area contributed by atoms with Crippen LogP contribution in [0, 0.1) is 19.8 Å². The minimum atomic E-state index is 0.318. The number of rotatable bonds is 4. The van der Waals surface area contributed by atoms with Gasteiger partial charge >= 0.3 is 0 Å². The fraction of sp³-hybridized carbons (Fsp3) is 0.400. The van der Waals surface area contributed by atoms with E-state index in [1.165, 1.54) is 4.88 Å². The first kappa shape index (κ1) is 13.1. The van der Waals surface area contributed by atoms with Gasteiger partial charge in [0.05, 0.1) is 6.04 Å². The van der Waals surface area contributed by atoms with Crippen LogP contribution in [0.3, 0.4) is 0 Å². The summed E-state index contributed by atoms with van der Waals surface area (Å²) in [4.78, 5) is 12.4. The van der Waals surface area contributed by atoms with Crippen molar-refractivity contribution in [1.29, 1.82) is 0 Å². The number of hydrogen-bond acceptors (Lipinski definition) is 2. The van der Waals surface area contributed by atoms with Crippen LogP contribution in [0.1, 0.15) is 46.5 Å². The van der Waals surface area contributed by atoms with Crippen molar-refractivity contribution in [3.05, 3.63) is 45.4 Å². The molecule has 0 radical (unpaired) electrons. The molecule has 1 unspecified atom stereocenters. The summed E-state index contributed by atoms with van der Waals surface area (Å²) in [5.74, 6) is 0.493. The van der Waals surface area contributed by atoms with Crippen molar-refractivity contribution in [2.24, 2.45) is 5.92 Å². The predicted octanol–water partition coefficient (Wildman–Crippen LogP) is 4.22. The van der Waals surface area contributed by atoms with Crippen molar-refractivity contribution in [3.63, 3.8) is 0 Å². The highest BCUT2D eigenvalue weighted by Crippen LogP contribution is 2.33. The van der Waals surface area contributed by atoms with E-state index < -0.39 is 0 Å². The minimum Gasteiger partial charge on any atom is -0.340 e. The molecule has 18 heavy (non-hydrogen) atoms. The van der Waals surface area contributed by atoms with Crippen molar-refractivity contribution in [2.45, 2.75) is 33.7 Å². The topological polar surface area (TPSA) is 22.0 Å². The summed E-state index contributed by atoms with van der Waals surface area (Å²) in [6.45, 7) is 8.55. The van der Waals surface area contributed by atoms with Crippen LogP contribution < -0.4 is 0 Å². The molecule has 0 fully saturated rings. The zero-order chi connectivity index (χ0) is 13.3. The van der Waals surface area contributed by atoms with Gasteiger partial charge in [0.1, 0.15) is 0 Å². The Morgan fingerprint density at radius 2 is 2.06 bits per heavy atom. The van der Waals surface area contributed by atoms with E-state index in [0.29, 0.717) is 12.0 Å². The standard InChI is InChI=1S/C15H19NOS/c1-10(2)15(14-6-5-7-18-14)16-11(3)8-13(9-17)12(16)4/h5-10,15H,1-4H3. The highest BCUT2D eigenvalue weighted by Gasteiger charge is 2.22. The third-order valence-corrected chi connectivity index (χ3v) is 4.34. The maximum Gasteiger partial charge on any atom is 0.151 e. The van der Waals surface area contributed by atoms with Crippen LogP contribution in [0.4, 0.5) is 0 Å².